The summed E-state index contributed by atoms with van der Waals surface area (Å²) in [5.74, 6) is 0.676. The van der Waals surface area contributed by atoms with Gasteiger partial charge in [0.2, 0.25) is 0 Å². The van der Waals surface area contributed by atoms with E-state index in [9.17, 15) is 0 Å². The van der Waals surface area contributed by atoms with Gasteiger partial charge in [0, 0.05) is 30.9 Å². The molecule has 0 spiro atoms. The van der Waals surface area contributed by atoms with E-state index in [2.05, 4.69) is 62.2 Å². The SMILES string of the molecule is CCc1cccc(N2CC(CC)NCC2C(C)C)c1. The van der Waals surface area contributed by atoms with E-state index in [0.29, 0.717) is 18.0 Å². The number of nitrogens with zero attached hydrogens (tertiary/aromatic N) is 1. The Labute approximate surface area is 118 Å². The van der Waals surface area contributed by atoms with Gasteiger partial charge in [-0.15, -0.1) is 0 Å². The third-order valence-electron chi connectivity index (χ3n) is 4.35. The molecule has 2 heteroatoms. The maximum Gasteiger partial charge on any atom is 0.0438 e. The van der Waals surface area contributed by atoms with Crippen molar-refractivity contribution in [1.82, 2.24) is 5.32 Å². The Morgan fingerprint density at radius 2 is 2.11 bits per heavy atom. The second kappa shape index (κ2) is 6.42. The van der Waals surface area contributed by atoms with E-state index in [4.69, 9.17) is 0 Å². The van der Waals surface area contributed by atoms with E-state index >= 15 is 0 Å². The molecule has 1 aliphatic rings. The second-order valence-electron chi connectivity index (χ2n) is 6.00. The molecule has 0 bridgehead atoms. The van der Waals surface area contributed by atoms with Crippen molar-refractivity contribution in [2.45, 2.75) is 52.6 Å². The molecule has 2 unspecified atom stereocenters. The van der Waals surface area contributed by atoms with Gasteiger partial charge in [-0.05, 0) is 36.5 Å². The highest BCUT2D eigenvalue weighted by Gasteiger charge is 2.29. The Balaban J connectivity index is 2.25. The predicted octanol–water partition coefficient (Wildman–Crippen LogP) is 3.46. The van der Waals surface area contributed by atoms with Crippen molar-refractivity contribution >= 4 is 5.69 Å². The molecule has 19 heavy (non-hydrogen) atoms. The fourth-order valence-electron chi connectivity index (χ4n) is 2.96. The third kappa shape index (κ3) is 3.30. The molecule has 0 aliphatic carbocycles. The summed E-state index contributed by atoms with van der Waals surface area (Å²) in [6, 6.07) is 10.3. The van der Waals surface area contributed by atoms with Crippen molar-refractivity contribution in [2.24, 2.45) is 5.92 Å². The van der Waals surface area contributed by atoms with Crippen LogP contribution in [-0.2, 0) is 6.42 Å². The van der Waals surface area contributed by atoms with Crippen molar-refractivity contribution in [2.75, 3.05) is 18.0 Å². The molecule has 1 N–H and O–H groups in total. The molecule has 0 aromatic heterocycles. The summed E-state index contributed by atoms with van der Waals surface area (Å²) >= 11 is 0. The smallest absolute Gasteiger partial charge is 0.0438 e. The molecular weight excluding hydrogens is 232 g/mol. The van der Waals surface area contributed by atoms with Crippen LogP contribution in [0.4, 0.5) is 5.69 Å². The maximum atomic E-state index is 3.69. The van der Waals surface area contributed by atoms with Gasteiger partial charge in [0.15, 0.2) is 0 Å². The minimum atomic E-state index is 0.606. The van der Waals surface area contributed by atoms with Gasteiger partial charge in [0.1, 0.15) is 0 Å². The van der Waals surface area contributed by atoms with Crippen LogP contribution in [-0.4, -0.2) is 25.2 Å². The van der Waals surface area contributed by atoms with Gasteiger partial charge in [-0.2, -0.15) is 0 Å². The van der Waals surface area contributed by atoms with Gasteiger partial charge in [-0.3, -0.25) is 0 Å². The minimum absolute atomic E-state index is 0.606. The number of rotatable bonds is 4. The monoisotopic (exact) mass is 260 g/mol. The van der Waals surface area contributed by atoms with Gasteiger partial charge in [0.25, 0.3) is 0 Å². The van der Waals surface area contributed by atoms with Crippen LogP contribution in [0, 0.1) is 5.92 Å². The molecule has 1 saturated heterocycles. The molecule has 0 radical (unpaired) electrons. The number of aryl methyl sites for hydroxylation is 1. The normalized spacial score (nSPS) is 23.9. The summed E-state index contributed by atoms with van der Waals surface area (Å²) in [5, 5.41) is 3.69. The fourth-order valence-corrected chi connectivity index (χ4v) is 2.96. The van der Waals surface area contributed by atoms with Gasteiger partial charge >= 0.3 is 0 Å². The Hall–Kier alpha value is -1.02. The quantitative estimate of drug-likeness (QED) is 0.892. The van der Waals surface area contributed by atoms with E-state index in [1.54, 1.807) is 0 Å². The predicted molar refractivity (Wildman–Crippen MR) is 83.9 cm³/mol. The standard InChI is InChI=1S/C17H28N2/c1-5-14-8-7-9-16(10-14)19-12-15(6-2)18-11-17(19)13(3)4/h7-10,13,15,17-18H,5-6,11-12H2,1-4H3. The zero-order valence-corrected chi connectivity index (χ0v) is 12.8. The molecule has 1 heterocycles. The van der Waals surface area contributed by atoms with Crippen LogP contribution < -0.4 is 10.2 Å². The average molecular weight is 260 g/mol. The lowest BCUT2D eigenvalue weighted by molar-refractivity contribution is 0.333. The molecule has 1 aromatic rings. The molecule has 2 rings (SSSR count). The second-order valence-corrected chi connectivity index (χ2v) is 6.00. The van der Waals surface area contributed by atoms with Crippen LogP contribution in [0.25, 0.3) is 0 Å². The fraction of sp³-hybridized carbons (Fsp3) is 0.647. The molecule has 106 valence electrons. The third-order valence-corrected chi connectivity index (χ3v) is 4.35. The summed E-state index contributed by atoms with van der Waals surface area (Å²) < 4.78 is 0. The lowest BCUT2D eigenvalue weighted by Gasteiger charge is -2.44. The van der Waals surface area contributed by atoms with E-state index in [1.807, 2.05) is 0 Å². The van der Waals surface area contributed by atoms with Gasteiger partial charge < -0.3 is 10.2 Å². The lowest BCUT2D eigenvalue weighted by atomic mass is 9.96. The molecule has 2 atom stereocenters. The van der Waals surface area contributed by atoms with Crippen molar-refractivity contribution in [1.29, 1.82) is 0 Å². The number of piperazine rings is 1. The van der Waals surface area contributed by atoms with Crippen LogP contribution in [0.15, 0.2) is 24.3 Å². The van der Waals surface area contributed by atoms with E-state index in [1.165, 1.54) is 17.7 Å². The molecule has 0 saturated carbocycles. The number of anilines is 1. The van der Waals surface area contributed by atoms with Crippen LogP contribution in [0.1, 0.15) is 39.7 Å². The van der Waals surface area contributed by atoms with Crippen molar-refractivity contribution in [3.63, 3.8) is 0 Å². The topological polar surface area (TPSA) is 15.3 Å². The Morgan fingerprint density at radius 1 is 1.32 bits per heavy atom. The first kappa shape index (κ1) is 14.4. The highest BCUT2D eigenvalue weighted by atomic mass is 15.2. The molecule has 1 fully saturated rings. The number of hydrogen-bond acceptors (Lipinski definition) is 2. The van der Waals surface area contributed by atoms with E-state index in [-0.39, 0.29) is 0 Å². The first-order valence-corrected chi connectivity index (χ1v) is 7.74. The average Bonchev–Trinajstić information content (AvgIpc) is 2.46. The van der Waals surface area contributed by atoms with Crippen molar-refractivity contribution in [3.8, 4) is 0 Å². The highest BCUT2D eigenvalue weighted by Crippen LogP contribution is 2.25. The first-order valence-electron chi connectivity index (χ1n) is 7.74. The summed E-state index contributed by atoms with van der Waals surface area (Å²) in [7, 11) is 0. The highest BCUT2D eigenvalue weighted by molar-refractivity contribution is 5.50. The Bertz CT molecular complexity index is 400. The molecule has 1 aromatic carbocycles. The molecule has 1 aliphatic heterocycles. The largest absolute Gasteiger partial charge is 0.365 e. The lowest BCUT2D eigenvalue weighted by Crippen LogP contribution is -2.58. The zero-order valence-electron chi connectivity index (χ0n) is 12.8. The van der Waals surface area contributed by atoms with Gasteiger partial charge in [-0.1, -0.05) is 39.8 Å². The summed E-state index contributed by atoms with van der Waals surface area (Å²) in [4.78, 5) is 2.62. The number of benzene rings is 1. The maximum absolute atomic E-state index is 3.69. The molecule has 0 amide bonds. The van der Waals surface area contributed by atoms with Crippen LogP contribution in [0.5, 0.6) is 0 Å². The van der Waals surface area contributed by atoms with Crippen LogP contribution in [0.3, 0.4) is 0 Å². The zero-order chi connectivity index (χ0) is 13.8. The Kier molecular flexibility index (Phi) is 4.87. The number of hydrogen-bond donors (Lipinski definition) is 1. The summed E-state index contributed by atoms with van der Waals surface area (Å²) in [6.07, 6.45) is 2.32. The van der Waals surface area contributed by atoms with Gasteiger partial charge in [-0.25, -0.2) is 0 Å². The minimum Gasteiger partial charge on any atom is -0.365 e. The summed E-state index contributed by atoms with van der Waals surface area (Å²) in [5.41, 5.74) is 2.84. The summed E-state index contributed by atoms with van der Waals surface area (Å²) in [6.45, 7) is 11.4. The number of nitrogens with one attached hydrogen (secondary N) is 1. The van der Waals surface area contributed by atoms with Crippen LogP contribution in [0.2, 0.25) is 0 Å². The molecular formula is C17H28N2. The van der Waals surface area contributed by atoms with E-state index in [0.717, 1.165) is 19.5 Å². The Morgan fingerprint density at radius 3 is 2.74 bits per heavy atom. The van der Waals surface area contributed by atoms with Crippen molar-refractivity contribution in [3.05, 3.63) is 29.8 Å². The van der Waals surface area contributed by atoms with E-state index < -0.39 is 0 Å². The van der Waals surface area contributed by atoms with Gasteiger partial charge in [0.05, 0.1) is 0 Å². The molecule has 2 nitrogen and oxygen atoms in total. The van der Waals surface area contributed by atoms with Crippen LogP contribution >= 0.6 is 0 Å². The van der Waals surface area contributed by atoms with Crippen molar-refractivity contribution < 1.29 is 0 Å². The first-order chi connectivity index (χ1) is 9.15.